The van der Waals surface area contributed by atoms with E-state index in [-0.39, 0.29) is 17.9 Å². The smallest absolute Gasteiger partial charge is 0.303 e. The summed E-state index contributed by atoms with van der Waals surface area (Å²) < 4.78 is 4.74. The maximum atomic E-state index is 11.5. The number of rotatable bonds is 2. The van der Waals surface area contributed by atoms with E-state index in [0.29, 0.717) is 11.0 Å². The van der Waals surface area contributed by atoms with Crippen LogP contribution < -0.4 is 5.56 Å². The van der Waals surface area contributed by atoms with Crippen LogP contribution in [0.5, 0.6) is 0 Å². The minimum atomic E-state index is -0.436. The normalized spacial score (nSPS) is 10.3. The molecule has 0 amide bonds. The van der Waals surface area contributed by atoms with E-state index in [9.17, 15) is 9.59 Å². The molecule has 16 heavy (non-hydrogen) atoms. The lowest BCUT2D eigenvalue weighted by molar-refractivity contribution is -0.142. The zero-order valence-electron chi connectivity index (χ0n) is 8.69. The molecule has 0 atom stereocenters. The van der Waals surface area contributed by atoms with Crippen molar-refractivity contribution in [2.24, 2.45) is 0 Å². The number of carbonyl (C=O) groups excluding carboxylic acids is 1. The van der Waals surface area contributed by atoms with Gasteiger partial charge in [0.2, 0.25) is 0 Å². The number of nitrogens with one attached hydrogen (secondary N) is 1. The monoisotopic (exact) mass is 218 g/mol. The van der Waals surface area contributed by atoms with E-state index in [4.69, 9.17) is 4.74 Å². The van der Waals surface area contributed by atoms with E-state index in [2.05, 4.69) is 9.97 Å². The third-order valence-electron chi connectivity index (χ3n) is 2.08. The van der Waals surface area contributed by atoms with Gasteiger partial charge in [-0.25, -0.2) is 4.98 Å². The number of nitrogens with zero attached hydrogens (tertiary/aromatic N) is 1. The number of benzene rings is 1. The lowest BCUT2D eigenvalue weighted by Crippen LogP contribution is -2.17. The molecular weight excluding hydrogens is 208 g/mol. The summed E-state index contributed by atoms with van der Waals surface area (Å²) in [6.45, 7) is 1.19. The summed E-state index contributed by atoms with van der Waals surface area (Å²) in [5.74, 6) is -0.436. The van der Waals surface area contributed by atoms with Gasteiger partial charge in [0.15, 0.2) is 0 Å². The standard InChI is InChI=1S/C11H10N2O3/c1-7(14)16-6-10-11(15)13-9-5-3-2-4-8(9)12-10/h2-5H,6H2,1H3,(H,13,15). The lowest BCUT2D eigenvalue weighted by atomic mass is 10.3. The van der Waals surface area contributed by atoms with Crippen LogP contribution >= 0.6 is 0 Å². The Labute approximate surface area is 91.1 Å². The van der Waals surface area contributed by atoms with Crippen LogP contribution in [0, 0.1) is 0 Å². The third-order valence-corrected chi connectivity index (χ3v) is 2.08. The van der Waals surface area contributed by atoms with Gasteiger partial charge in [-0.15, -0.1) is 0 Å². The first-order valence-corrected chi connectivity index (χ1v) is 4.78. The molecule has 0 saturated heterocycles. The van der Waals surface area contributed by atoms with Gasteiger partial charge in [0, 0.05) is 6.92 Å². The van der Waals surface area contributed by atoms with Gasteiger partial charge < -0.3 is 9.72 Å². The molecule has 82 valence electrons. The molecule has 1 aromatic heterocycles. The SMILES string of the molecule is CC(=O)OCc1nc2ccccc2[nH]c1=O. The number of carbonyl (C=O) groups is 1. The van der Waals surface area contributed by atoms with E-state index in [0.717, 1.165) is 0 Å². The predicted octanol–water partition coefficient (Wildman–Crippen LogP) is 0.986. The Kier molecular flexibility index (Phi) is 2.68. The summed E-state index contributed by atoms with van der Waals surface area (Å²) >= 11 is 0. The number of para-hydroxylation sites is 2. The van der Waals surface area contributed by atoms with E-state index >= 15 is 0 Å². The van der Waals surface area contributed by atoms with E-state index in [1.54, 1.807) is 12.1 Å². The van der Waals surface area contributed by atoms with Crippen molar-refractivity contribution in [2.75, 3.05) is 0 Å². The van der Waals surface area contributed by atoms with Crippen molar-refractivity contribution in [3.8, 4) is 0 Å². The average molecular weight is 218 g/mol. The van der Waals surface area contributed by atoms with Crippen LogP contribution in [0.15, 0.2) is 29.1 Å². The Balaban J connectivity index is 2.42. The minimum absolute atomic E-state index is 0.102. The van der Waals surface area contributed by atoms with Gasteiger partial charge in [-0.1, -0.05) is 12.1 Å². The van der Waals surface area contributed by atoms with Crippen molar-refractivity contribution in [2.45, 2.75) is 13.5 Å². The van der Waals surface area contributed by atoms with Crippen molar-refractivity contribution in [3.63, 3.8) is 0 Å². The summed E-state index contributed by atoms with van der Waals surface area (Å²) in [5, 5.41) is 0. The highest BCUT2D eigenvalue weighted by Gasteiger charge is 2.05. The van der Waals surface area contributed by atoms with Gasteiger partial charge in [0.1, 0.15) is 12.3 Å². The quantitative estimate of drug-likeness (QED) is 0.763. The Bertz CT molecular complexity index is 589. The minimum Gasteiger partial charge on any atom is -0.459 e. The predicted molar refractivity (Wildman–Crippen MR) is 57.8 cm³/mol. The molecule has 5 nitrogen and oxygen atoms in total. The van der Waals surface area contributed by atoms with Crippen LogP contribution in [0.1, 0.15) is 12.6 Å². The van der Waals surface area contributed by atoms with Crippen LogP contribution in [-0.4, -0.2) is 15.9 Å². The maximum Gasteiger partial charge on any atom is 0.303 e. The Hall–Kier alpha value is -2.17. The number of aromatic amines is 1. The molecule has 2 rings (SSSR count). The molecule has 0 aliphatic heterocycles. The molecular formula is C11H10N2O3. The summed E-state index contributed by atoms with van der Waals surface area (Å²) in [6, 6.07) is 7.18. The first kappa shape index (κ1) is 10.4. The van der Waals surface area contributed by atoms with Crippen LogP contribution in [0.2, 0.25) is 0 Å². The van der Waals surface area contributed by atoms with Gasteiger partial charge >= 0.3 is 5.97 Å². The molecule has 1 N–H and O–H groups in total. The van der Waals surface area contributed by atoms with Gasteiger partial charge in [-0.3, -0.25) is 9.59 Å². The van der Waals surface area contributed by atoms with E-state index in [1.165, 1.54) is 6.92 Å². The fourth-order valence-electron chi connectivity index (χ4n) is 1.34. The molecule has 0 bridgehead atoms. The highest BCUT2D eigenvalue weighted by Crippen LogP contribution is 2.06. The second-order valence-electron chi connectivity index (χ2n) is 3.31. The van der Waals surface area contributed by atoms with Crippen LogP contribution in [0.4, 0.5) is 0 Å². The largest absolute Gasteiger partial charge is 0.459 e. The summed E-state index contributed by atoms with van der Waals surface area (Å²) in [6.07, 6.45) is 0. The summed E-state index contributed by atoms with van der Waals surface area (Å²) in [4.78, 5) is 29.0. The van der Waals surface area contributed by atoms with E-state index in [1.807, 2.05) is 12.1 Å². The third kappa shape index (κ3) is 2.08. The summed E-state index contributed by atoms with van der Waals surface area (Å²) in [7, 11) is 0. The van der Waals surface area contributed by atoms with Crippen LogP contribution in [-0.2, 0) is 16.1 Å². The first-order valence-electron chi connectivity index (χ1n) is 4.78. The fraction of sp³-hybridized carbons (Fsp3) is 0.182. The highest BCUT2D eigenvalue weighted by atomic mass is 16.5. The number of esters is 1. The molecule has 0 unspecified atom stereocenters. The first-order chi connectivity index (χ1) is 7.66. The Morgan fingerprint density at radius 2 is 2.19 bits per heavy atom. The van der Waals surface area contributed by atoms with Crippen LogP contribution in [0.3, 0.4) is 0 Å². The molecule has 2 aromatic rings. The topological polar surface area (TPSA) is 72.0 Å². The zero-order chi connectivity index (χ0) is 11.5. The molecule has 0 radical (unpaired) electrons. The van der Waals surface area contributed by atoms with Crippen molar-refractivity contribution >= 4 is 17.0 Å². The number of ether oxygens (including phenoxy) is 1. The number of H-pyrrole nitrogens is 1. The number of aromatic nitrogens is 2. The molecule has 1 aromatic carbocycles. The molecule has 0 saturated carbocycles. The molecule has 5 heteroatoms. The summed E-state index contributed by atoms with van der Waals surface area (Å²) in [5.41, 5.74) is 1.21. The Morgan fingerprint density at radius 3 is 2.94 bits per heavy atom. The molecule has 0 spiro atoms. The van der Waals surface area contributed by atoms with Gasteiger partial charge in [-0.05, 0) is 12.1 Å². The molecule has 1 heterocycles. The van der Waals surface area contributed by atoms with Crippen molar-refractivity contribution in [1.82, 2.24) is 9.97 Å². The average Bonchev–Trinajstić information content (AvgIpc) is 2.26. The zero-order valence-corrected chi connectivity index (χ0v) is 8.69. The second-order valence-corrected chi connectivity index (χ2v) is 3.31. The van der Waals surface area contributed by atoms with Crippen LogP contribution in [0.25, 0.3) is 11.0 Å². The van der Waals surface area contributed by atoms with Gasteiger partial charge in [0.25, 0.3) is 5.56 Å². The number of hydrogen-bond donors (Lipinski definition) is 1. The maximum absolute atomic E-state index is 11.5. The Morgan fingerprint density at radius 1 is 1.44 bits per heavy atom. The van der Waals surface area contributed by atoms with Crippen molar-refractivity contribution in [1.29, 1.82) is 0 Å². The highest BCUT2D eigenvalue weighted by molar-refractivity contribution is 5.73. The fourth-order valence-corrected chi connectivity index (χ4v) is 1.34. The van der Waals surface area contributed by atoms with Crippen molar-refractivity contribution in [3.05, 3.63) is 40.3 Å². The molecule has 0 fully saturated rings. The van der Waals surface area contributed by atoms with E-state index < -0.39 is 5.97 Å². The van der Waals surface area contributed by atoms with Gasteiger partial charge in [0.05, 0.1) is 11.0 Å². The van der Waals surface area contributed by atoms with Crippen molar-refractivity contribution < 1.29 is 9.53 Å². The molecule has 0 aliphatic rings. The second kappa shape index (κ2) is 4.14. The van der Waals surface area contributed by atoms with Gasteiger partial charge in [-0.2, -0.15) is 0 Å². The number of hydrogen-bond acceptors (Lipinski definition) is 4. The molecule has 0 aliphatic carbocycles. The lowest BCUT2D eigenvalue weighted by Gasteiger charge is -2.02. The number of fused-ring (bicyclic) bond motifs is 1.